The summed E-state index contributed by atoms with van der Waals surface area (Å²) in [6, 6.07) is 16.5. The fourth-order valence-electron chi connectivity index (χ4n) is 3.38. The van der Waals surface area contributed by atoms with Crippen LogP contribution in [-0.2, 0) is 13.1 Å². The van der Waals surface area contributed by atoms with Gasteiger partial charge in [0.1, 0.15) is 18.1 Å². The number of para-hydroxylation sites is 1. The molecular formula is C22H24N4O3S. The summed E-state index contributed by atoms with van der Waals surface area (Å²) in [5, 5.41) is 6.36. The second-order valence-electron chi connectivity index (χ2n) is 7.09. The van der Waals surface area contributed by atoms with E-state index in [2.05, 4.69) is 27.5 Å². The molecule has 0 saturated carbocycles. The Kier molecular flexibility index (Phi) is 6.56. The number of amides is 1. The van der Waals surface area contributed by atoms with Gasteiger partial charge >= 0.3 is 0 Å². The molecule has 0 N–H and O–H groups in total. The van der Waals surface area contributed by atoms with Gasteiger partial charge in [0.15, 0.2) is 0 Å². The van der Waals surface area contributed by atoms with Crippen LogP contribution in [0.5, 0.6) is 5.75 Å². The Balaban J connectivity index is 1.33. The molecule has 1 aliphatic heterocycles. The number of rotatable bonds is 7. The predicted octanol–water partition coefficient (Wildman–Crippen LogP) is 2.34. The second-order valence-corrected chi connectivity index (χ2v) is 8.12. The van der Waals surface area contributed by atoms with Crippen LogP contribution in [0.3, 0.4) is 0 Å². The molecular weight excluding hydrogens is 400 g/mol. The van der Waals surface area contributed by atoms with Crippen LogP contribution in [0.2, 0.25) is 0 Å². The highest BCUT2D eigenvalue weighted by Crippen LogP contribution is 2.14. The highest BCUT2D eigenvalue weighted by atomic mass is 32.1. The van der Waals surface area contributed by atoms with Crippen molar-refractivity contribution in [2.24, 2.45) is 0 Å². The number of thiophene rings is 1. The van der Waals surface area contributed by atoms with Gasteiger partial charge in [-0.2, -0.15) is 5.10 Å². The quantitative estimate of drug-likeness (QED) is 0.582. The number of piperazine rings is 1. The number of ether oxygens (including phenoxy) is 1. The highest BCUT2D eigenvalue weighted by Gasteiger charge is 2.23. The molecule has 4 rings (SSSR count). The van der Waals surface area contributed by atoms with Crippen LogP contribution in [0.15, 0.2) is 64.8 Å². The summed E-state index contributed by atoms with van der Waals surface area (Å²) in [4.78, 5) is 30.5. The van der Waals surface area contributed by atoms with Gasteiger partial charge in [-0.25, -0.2) is 4.68 Å². The van der Waals surface area contributed by atoms with E-state index in [0.29, 0.717) is 25.4 Å². The van der Waals surface area contributed by atoms with E-state index in [1.54, 1.807) is 11.3 Å². The van der Waals surface area contributed by atoms with E-state index in [-0.39, 0.29) is 18.0 Å². The zero-order valence-electron chi connectivity index (χ0n) is 16.6. The summed E-state index contributed by atoms with van der Waals surface area (Å²) in [5.74, 6) is 0.599. The molecule has 8 heteroatoms. The first-order chi connectivity index (χ1) is 14.7. The number of carbonyl (C=O) groups excluding carboxylic acids is 1. The van der Waals surface area contributed by atoms with Gasteiger partial charge in [-0.15, -0.1) is 11.3 Å². The van der Waals surface area contributed by atoms with Crippen molar-refractivity contribution in [1.82, 2.24) is 19.6 Å². The minimum Gasteiger partial charge on any atom is -0.492 e. The first-order valence-electron chi connectivity index (χ1n) is 9.99. The van der Waals surface area contributed by atoms with E-state index in [4.69, 9.17) is 4.74 Å². The topological polar surface area (TPSA) is 67.7 Å². The number of benzene rings is 1. The zero-order chi connectivity index (χ0) is 20.8. The summed E-state index contributed by atoms with van der Waals surface area (Å²) in [6.07, 6.45) is 0. The van der Waals surface area contributed by atoms with Crippen molar-refractivity contribution in [3.8, 4) is 5.75 Å². The molecule has 0 unspecified atom stereocenters. The normalized spacial score (nSPS) is 14.6. The maximum absolute atomic E-state index is 12.9. The molecule has 1 aliphatic rings. The van der Waals surface area contributed by atoms with Crippen molar-refractivity contribution >= 4 is 17.2 Å². The first-order valence-corrected chi connectivity index (χ1v) is 10.9. The van der Waals surface area contributed by atoms with Crippen LogP contribution in [-0.4, -0.2) is 58.3 Å². The fraction of sp³-hybridized carbons (Fsp3) is 0.318. The van der Waals surface area contributed by atoms with E-state index >= 15 is 0 Å². The minimum absolute atomic E-state index is 0.136. The molecule has 3 heterocycles. The van der Waals surface area contributed by atoms with Crippen LogP contribution in [0.25, 0.3) is 0 Å². The summed E-state index contributed by atoms with van der Waals surface area (Å²) < 4.78 is 6.93. The minimum atomic E-state index is -0.246. The Morgan fingerprint density at radius 2 is 1.80 bits per heavy atom. The standard InChI is InChI=1S/C22H24N4O3S/c27-21-9-8-20(23-26(21)14-15-29-18-5-2-1-3-6-18)22(28)25-12-10-24(11-13-25)17-19-7-4-16-30-19/h1-9,16H,10-15,17H2. The van der Waals surface area contributed by atoms with Crippen molar-refractivity contribution in [1.29, 1.82) is 0 Å². The smallest absolute Gasteiger partial charge is 0.274 e. The van der Waals surface area contributed by atoms with Gasteiger partial charge in [0.2, 0.25) is 0 Å². The van der Waals surface area contributed by atoms with Gasteiger partial charge in [-0.3, -0.25) is 14.5 Å². The monoisotopic (exact) mass is 424 g/mol. The third-order valence-electron chi connectivity index (χ3n) is 5.02. The highest BCUT2D eigenvalue weighted by molar-refractivity contribution is 7.09. The lowest BCUT2D eigenvalue weighted by atomic mass is 10.2. The third kappa shape index (κ3) is 5.14. The number of aromatic nitrogens is 2. The molecule has 1 amide bonds. The lowest BCUT2D eigenvalue weighted by molar-refractivity contribution is 0.0620. The van der Waals surface area contributed by atoms with E-state index in [0.717, 1.165) is 25.4 Å². The van der Waals surface area contributed by atoms with E-state index in [9.17, 15) is 9.59 Å². The molecule has 3 aromatic rings. The van der Waals surface area contributed by atoms with Crippen LogP contribution >= 0.6 is 11.3 Å². The van der Waals surface area contributed by atoms with Crippen LogP contribution in [0.1, 0.15) is 15.4 Å². The van der Waals surface area contributed by atoms with Crippen LogP contribution in [0, 0.1) is 0 Å². The molecule has 1 fully saturated rings. The molecule has 156 valence electrons. The number of nitrogens with zero attached hydrogens (tertiary/aromatic N) is 4. The molecule has 2 aromatic heterocycles. The number of hydrogen-bond donors (Lipinski definition) is 0. The Labute approximate surface area is 179 Å². The first kappa shape index (κ1) is 20.3. The number of hydrogen-bond acceptors (Lipinski definition) is 6. The van der Waals surface area contributed by atoms with Gasteiger partial charge in [-0.05, 0) is 29.6 Å². The van der Waals surface area contributed by atoms with Crippen molar-refractivity contribution in [3.05, 3.63) is 80.9 Å². The third-order valence-corrected chi connectivity index (χ3v) is 5.88. The van der Waals surface area contributed by atoms with Gasteiger partial charge < -0.3 is 9.64 Å². The maximum Gasteiger partial charge on any atom is 0.274 e. The summed E-state index contributed by atoms with van der Waals surface area (Å²) in [5.41, 5.74) is 0.0463. The van der Waals surface area contributed by atoms with Gasteiger partial charge in [0, 0.05) is 43.7 Å². The Morgan fingerprint density at radius 1 is 1.00 bits per heavy atom. The molecule has 0 aliphatic carbocycles. The fourth-order valence-corrected chi connectivity index (χ4v) is 4.13. The van der Waals surface area contributed by atoms with Crippen LogP contribution in [0.4, 0.5) is 0 Å². The van der Waals surface area contributed by atoms with Gasteiger partial charge in [0.25, 0.3) is 11.5 Å². The molecule has 7 nitrogen and oxygen atoms in total. The average molecular weight is 425 g/mol. The SMILES string of the molecule is O=C(c1ccc(=O)n(CCOc2ccccc2)n1)N1CCN(Cc2cccs2)CC1. The maximum atomic E-state index is 12.9. The molecule has 0 atom stereocenters. The van der Waals surface area contributed by atoms with Crippen molar-refractivity contribution in [2.75, 3.05) is 32.8 Å². The van der Waals surface area contributed by atoms with E-state index in [1.807, 2.05) is 35.2 Å². The van der Waals surface area contributed by atoms with Crippen molar-refractivity contribution < 1.29 is 9.53 Å². The molecule has 0 radical (unpaired) electrons. The van der Waals surface area contributed by atoms with Crippen LogP contribution < -0.4 is 10.3 Å². The summed E-state index contributed by atoms with van der Waals surface area (Å²) in [7, 11) is 0. The van der Waals surface area contributed by atoms with E-state index in [1.165, 1.54) is 21.7 Å². The van der Waals surface area contributed by atoms with E-state index < -0.39 is 0 Å². The van der Waals surface area contributed by atoms with Gasteiger partial charge in [-0.1, -0.05) is 24.3 Å². The lowest BCUT2D eigenvalue weighted by Gasteiger charge is -2.34. The Bertz CT molecular complexity index is 1010. The Hall–Kier alpha value is -2.97. The zero-order valence-corrected chi connectivity index (χ0v) is 17.5. The van der Waals surface area contributed by atoms with Crippen molar-refractivity contribution in [3.63, 3.8) is 0 Å². The largest absolute Gasteiger partial charge is 0.492 e. The van der Waals surface area contributed by atoms with Gasteiger partial charge in [0.05, 0.1) is 6.54 Å². The lowest BCUT2D eigenvalue weighted by Crippen LogP contribution is -2.48. The Morgan fingerprint density at radius 3 is 2.53 bits per heavy atom. The molecule has 1 saturated heterocycles. The molecule has 0 bridgehead atoms. The molecule has 0 spiro atoms. The molecule has 1 aromatic carbocycles. The average Bonchev–Trinajstić information content (AvgIpc) is 3.29. The molecule has 30 heavy (non-hydrogen) atoms. The summed E-state index contributed by atoms with van der Waals surface area (Å²) >= 11 is 1.75. The van der Waals surface area contributed by atoms with Crippen molar-refractivity contribution in [2.45, 2.75) is 13.1 Å². The number of carbonyl (C=O) groups is 1. The second kappa shape index (κ2) is 9.69. The summed E-state index contributed by atoms with van der Waals surface area (Å²) in [6.45, 7) is 4.47. The predicted molar refractivity (Wildman–Crippen MR) is 116 cm³/mol.